The van der Waals surface area contributed by atoms with Gasteiger partial charge in [-0.25, -0.2) is 0 Å². The third kappa shape index (κ3) is 4.76. The summed E-state index contributed by atoms with van der Waals surface area (Å²) in [7, 11) is 0. The Morgan fingerprint density at radius 3 is 2.62 bits per heavy atom. The lowest BCUT2D eigenvalue weighted by atomic mass is 10.1. The molecule has 96 valence electrons. The van der Waals surface area contributed by atoms with Gasteiger partial charge in [-0.05, 0) is 32.7 Å². The number of rotatable bonds is 7. The minimum absolute atomic E-state index is 0.180. The first-order valence-corrected chi connectivity index (χ1v) is 6.41. The third-order valence-electron chi connectivity index (χ3n) is 3.34. The number of nitrogens with zero attached hydrogens (tertiary/aromatic N) is 2. The second kappa shape index (κ2) is 7.98. The van der Waals surface area contributed by atoms with Gasteiger partial charge in [-0.1, -0.05) is 0 Å². The van der Waals surface area contributed by atoms with E-state index in [1.54, 1.807) is 0 Å². The molecule has 0 aromatic carbocycles. The van der Waals surface area contributed by atoms with Crippen LogP contribution < -0.4 is 0 Å². The SMILES string of the molecule is CC1CN(CCCCCF)CCN1CCO. The van der Waals surface area contributed by atoms with Crippen LogP contribution in [0.2, 0.25) is 0 Å². The van der Waals surface area contributed by atoms with Gasteiger partial charge in [0.25, 0.3) is 0 Å². The van der Waals surface area contributed by atoms with Crippen LogP contribution in [0.25, 0.3) is 0 Å². The zero-order chi connectivity index (χ0) is 11.8. The number of aliphatic hydroxyl groups is 1. The minimum atomic E-state index is -0.180. The number of halogens is 1. The molecule has 1 aliphatic heterocycles. The molecule has 0 amide bonds. The third-order valence-corrected chi connectivity index (χ3v) is 3.34. The lowest BCUT2D eigenvalue weighted by molar-refractivity contribution is 0.0676. The number of β-amino-alcohol motifs (C(OH)–C–C–N with tert-alkyl or cyclic N) is 1. The Bertz CT molecular complexity index is 178. The summed E-state index contributed by atoms with van der Waals surface area (Å²) in [6, 6.07) is 0.530. The number of aliphatic hydroxyl groups excluding tert-OH is 1. The highest BCUT2D eigenvalue weighted by molar-refractivity contribution is 4.78. The maximum atomic E-state index is 11.9. The predicted molar refractivity (Wildman–Crippen MR) is 64.4 cm³/mol. The monoisotopic (exact) mass is 232 g/mol. The van der Waals surface area contributed by atoms with Gasteiger partial charge >= 0.3 is 0 Å². The van der Waals surface area contributed by atoms with Crippen LogP contribution in [0.4, 0.5) is 4.39 Å². The molecule has 0 aromatic rings. The van der Waals surface area contributed by atoms with E-state index < -0.39 is 0 Å². The van der Waals surface area contributed by atoms with Crippen LogP contribution in [0.3, 0.4) is 0 Å². The molecular weight excluding hydrogens is 207 g/mol. The highest BCUT2D eigenvalue weighted by Gasteiger charge is 2.22. The first kappa shape index (κ1) is 13.9. The van der Waals surface area contributed by atoms with E-state index >= 15 is 0 Å². The van der Waals surface area contributed by atoms with Crippen LogP contribution >= 0.6 is 0 Å². The molecule has 0 radical (unpaired) electrons. The van der Waals surface area contributed by atoms with Gasteiger partial charge < -0.3 is 10.0 Å². The summed E-state index contributed by atoms with van der Waals surface area (Å²) in [5.41, 5.74) is 0. The van der Waals surface area contributed by atoms with Crippen LogP contribution in [0.15, 0.2) is 0 Å². The molecule has 0 aliphatic carbocycles. The highest BCUT2D eigenvalue weighted by atomic mass is 19.1. The fourth-order valence-electron chi connectivity index (χ4n) is 2.34. The van der Waals surface area contributed by atoms with Gasteiger partial charge in [0.05, 0.1) is 13.3 Å². The molecule has 3 nitrogen and oxygen atoms in total. The second-order valence-corrected chi connectivity index (χ2v) is 4.66. The van der Waals surface area contributed by atoms with Crippen molar-refractivity contribution in [2.45, 2.75) is 32.2 Å². The van der Waals surface area contributed by atoms with Gasteiger partial charge in [0, 0.05) is 32.2 Å². The van der Waals surface area contributed by atoms with E-state index in [2.05, 4.69) is 16.7 Å². The van der Waals surface area contributed by atoms with Crippen LogP contribution in [0.1, 0.15) is 26.2 Å². The summed E-state index contributed by atoms with van der Waals surface area (Å²) in [4.78, 5) is 4.79. The van der Waals surface area contributed by atoms with Crippen molar-refractivity contribution in [1.29, 1.82) is 0 Å². The smallest absolute Gasteiger partial charge is 0.0894 e. The Balaban J connectivity index is 2.13. The van der Waals surface area contributed by atoms with Crippen LogP contribution in [-0.4, -0.2) is 67.0 Å². The van der Waals surface area contributed by atoms with Gasteiger partial charge in [-0.15, -0.1) is 0 Å². The van der Waals surface area contributed by atoms with Crippen molar-refractivity contribution >= 4 is 0 Å². The summed E-state index contributed by atoms with van der Waals surface area (Å²) < 4.78 is 11.9. The molecule has 16 heavy (non-hydrogen) atoms. The van der Waals surface area contributed by atoms with Crippen LogP contribution in [0.5, 0.6) is 0 Å². The van der Waals surface area contributed by atoms with E-state index in [1.807, 2.05) is 0 Å². The first-order valence-electron chi connectivity index (χ1n) is 6.41. The zero-order valence-corrected chi connectivity index (χ0v) is 10.4. The van der Waals surface area contributed by atoms with E-state index in [0.717, 1.165) is 45.6 Å². The second-order valence-electron chi connectivity index (χ2n) is 4.66. The first-order chi connectivity index (χ1) is 7.77. The lowest BCUT2D eigenvalue weighted by Gasteiger charge is -2.39. The summed E-state index contributed by atoms with van der Waals surface area (Å²) >= 11 is 0. The summed E-state index contributed by atoms with van der Waals surface area (Å²) in [5.74, 6) is 0. The molecule has 0 aromatic heterocycles. The molecule has 1 aliphatic rings. The van der Waals surface area contributed by atoms with Crippen molar-refractivity contribution in [3.8, 4) is 0 Å². The van der Waals surface area contributed by atoms with Crippen molar-refractivity contribution in [3.05, 3.63) is 0 Å². The van der Waals surface area contributed by atoms with Crippen molar-refractivity contribution in [2.24, 2.45) is 0 Å². The largest absolute Gasteiger partial charge is 0.395 e. The Hall–Kier alpha value is -0.190. The van der Waals surface area contributed by atoms with E-state index in [1.165, 1.54) is 0 Å². The average molecular weight is 232 g/mol. The Morgan fingerprint density at radius 1 is 1.19 bits per heavy atom. The van der Waals surface area contributed by atoms with Crippen molar-refractivity contribution in [3.63, 3.8) is 0 Å². The number of hydrogen-bond donors (Lipinski definition) is 1. The lowest BCUT2D eigenvalue weighted by Crippen LogP contribution is -2.52. The zero-order valence-electron chi connectivity index (χ0n) is 10.4. The molecular formula is C12H25FN2O. The van der Waals surface area contributed by atoms with Crippen LogP contribution in [0, 0.1) is 0 Å². The van der Waals surface area contributed by atoms with Gasteiger partial charge in [0.1, 0.15) is 0 Å². The highest BCUT2D eigenvalue weighted by Crippen LogP contribution is 2.10. The number of unbranched alkanes of at least 4 members (excludes halogenated alkanes) is 2. The molecule has 1 fully saturated rings. The standard InChI is InChI=1S/C12H25FN2O/c1-12-11-14(6-4-2-3-5-13)7-8-15(12)9-10-16/h12,16H,2-11H2,1H3. The summed E-state index contributed by atoms with van der Waals surface area (Å²) in [5, 5.41) is 8.91. The minimum Gasteiger partial charge on any atom is -0.395 e. The Morgan fingerprint density at radius 2 is 2.00 bits per heavy atom. The van der Waals surface area contributed by atoms with Crippen molar-refractivity contribution < 1.29 is 9.50 Å². The van der Waals surface area contributed by atoms with Gasteiger partial charge in [0.2, 0.25) is 0 Å². The molecule has 1 rings (SSSR count). The van der Waals surface area contributed by atoms with E-state index in [9.17, 15) is 4.39 Å². The maximum absolute atomic E-state index is 11.9. The Labute approximate surface area is 98.2 Å². The summed E-state index contributed by atoms with van der Waals surface area (Å²) in [6.07, 6.45) is 2.82. The van der Waals surface area contributed by atoms with Gasteiger partial charge in [-0.2, -0.15) is 0 Å². The molecule has 1 atom stereocenters. The normalized spacial score (nSPS) is 23.8. The Kier molecular flexibility index (Phi) is 6.92. The molecule has 0 bridgehead atoms. The molecule has 1 saturated heterocycles. The molecule has 1 unspecified atom stereocenters. The average Bonchev–Trinajstić information content (AvgIpc) is 2.28. The maximum Gasteiger partial charge on any atom is 0.0894 e. The van der Waals surface area contributed by atoms with Gasteiger partial charge in [0.15, 0.2) is 0 Å². The van der Waals surface area contributed by atoms with E-state index in [4.69, 9.17) is 5.11 Å². The predicted octanol–water partition coefficient (Wildman–Crippen LogP) is 1.12. The van der Waals surface area contributed by atoms with Gasteiger partial charge in [-0.3, -0.25) is 9.29 Å². The van der Waals surface area contributed by atoms with Crippen molar-refractivity contribution in [1.82, 2.24) is 9.80 Å². The molecule has 1 heterocycles. The van der Waals surface area contributed by atoms with E-state index in [-0.39, 0.29) is 13.3 Å². The number of piperazine rings is 1. The van der Waals surface area contributed by atoms with Crippen LogP contribution in [-0.2, 0) is 0 Å². The van der Waals surface area contributed by atoms with Crippen molar-refractivity contribution in [2.75, 3.05) is 46.0 Å². The fraction of sp³-hybridized carbons (Fsp3) is 1.00. The summed E-state index contributed by atoms with van der Waals surface area (Å²) in [6.45, 7) is 7.37. The number of hydrogen-bond acceptors (Lipinski definition) is 3. The fourth-order valence-corrected chi connectivity index (χ4v) is 2.34. The molecule has 4 heteroatoms. The number of alkyl halides is 1. The molecule has 1 N–H and O–H groups in total. The molecule has 0 saturated carbocycles. The molecule has 0 spiro atoms. The topological polar surface area (TPSA) is 26.7 Å². The van der Waals surface area contributed by atoms with E-state index in [0.29, 0.717) is 12.5 Å². The quantitative estimate of drug-likeness (QED) is 0.667.